The Labute approximate surface area is 109 Å². The average Bonchev–Trinajstić information content (AvgIpc) is 2.91. The monoisotopic (exact) mass is 262 g/mol. The molecule has 0 aliphatic rings. The number of non-ortho nitro benzene ring substituents is 1. The van der Waals surface area contributed by atoms with Crippen LogP contribution in [0.2, 0.25) is 0 Å². The van der Waals surface area contributed by atoms with E-state index in [9.17, 15) is 10.1 Å². The predicted octanol–water partition coefficient (Wildman–Crippen LogP) is 1.98. The third-order valence-electron chi connectivity index (χ3n) is 2.62. The highest BCUT2D eigenvalue weighted by Gasteiger charge is 2.09. The zero-order valence-corrected chi connectivity index (χ0v) is 10.4. The average molecular weight is 262 g/mol. The second-order valence-corrected chi connectivity index (χ2v) is 3.93. The van der Waals surface area contributed by atoms with Gasteiger partial charge in [-0.1, -0.05) is 0 Å². The molecule has 7 heteroatoms. The topological polar surface area (TPSA) is 93.1 Å². The molecule has 0 saturated heterocycles. The zero-order valence-electron chi connectivity index (χ0n) is 10.4. The molecule has 1 heterocycles. The molecule has 0 atom stereocenters. The minimum absolute atomic E-state index is 0.00314. The van der Waals surface area contributed by atoms with Crippen LogP contribution in [0, 0.1) is 10.1 Å². The van der Waals surface area contributed by atoms with Gasteiger partial charge in [-0.05, 0) is 0 Å². The first-order chi connectivity index (χ1) is 9.19. The lowest BCUT2D eigenvalue weighted by molar-refractivity contribution is -0.384. The molecular weight excluding hydrogens is 248 g/mol. The lowest BCUT2D eigenvalue weighted by Crippen LogP contribution is -2.05. The van der Waals surface area contributed by atoms with Gasteiger partial charge in [-0.25, -0.2) is 4.98 Å². The number of nitro benzene ring substituents is 1. The van der Waals surface area contributed by atoms with E-state index in [1.807, 2.05) is 0 Å². The number of hydrogen-bond acceptors (Lipinski definition) is 5. The number of ether oxygens (including phenoxy) is 1. The number of methoxy groups -OCH3 is 1. The maximum Gasteiger partial charge on any atom is 0.275 e. The maximum absolute atomic E-state index is 10.8. The number of benzene rings is 1. The van der Waals surface area contributed by atoms with Gasteiger partial charge < -0.3 is 15.0 Å². The number of H-pyrrole nitrogens is 1. The van der Waals surface area contributed by atoms with Crippen molar-refractivity contribution in [1.29, 1.82) is 0 Å². The Kier molecular flexibility index (Phi) is 3.97. The molecular formula is C12H14N4O3. The molecule has 0 unspecified atom stereocenters. The molecule has 0 fully saturated rings. The van der Waals surface area contributed by atoms with E-state index in [4.69, 9.17) is 4.74 Å². The van der Waals surface area contributed by atoms with E-state index < -0.39 is 4.92 Å². The van der Waals surface area contributed by atoms with Crippen molar-refractivity contribution in [3.8, 4) is 5.75 Å². The third-order valence-corrected chi connectivity index (χ3v) is 2.62. The van der Waals surface area contributed by atoms with Crippen LogP contribution in [0.25, 0.3) is 0 Å². The molecule has 0 aliphatic heterocycles. The minimum atomic E-state index is -0.442. The van der Waals surface area contributed by atoms with Gasteiger partial charge in [0, 0.05) is 42.7 Å². The van der Waals surface area contributed by atoms with Gasteiger partial charge in [-0.15, -0.1) is 0 Å². The van der Waals surface area contributed by atoms with Gasteiger partial charge in [0.05, 0.1) is 24.4 Å². The standard InChI is InChI=1S/C12H14N4O3/c1-19-12-5-10(4-11(6-12)16(17)18)14-3-2-9-7-13-8-15-9/h4-8,14H,2-3H2,1H3,(H,13,15). The summed E-state index contributed by atoms with van der Waals surface area (Å²) in [6, 6.07) is 4.59. The summed E-state index contributed by atoms with van der Waals surface area (Å²) in [6.45, 7) is 0.645. The fourth-order valence-electron chi connectivity index (χ4n) is 1.67. The van der Waals surface area contributed by atoms with E-state index in [0.29, 0.717) is 18.0 Å². The molecule has 7 nitrogen and oxygen atoms in total. The van der Waals surface area contributed by atoms with E-state index in [0.717, 1.165) is 12.1 Å². The summed E-state index contributed by atoms with van der Waals surface area (Å²) in [5, 5.41) is 13.9. The number of aromatic amines is 1. The van der Waals surface area contributed by atoms with E-state index >= 15 is 0 Å². The number of nitrogens with zero attached hydrogens (tertiary/aromatic N) is 2. The van der Waals surface area contributed by atoms with Crippen molar-refractivity contribution in [2.45, 2.75) is 6.42 Å². The predicted molar refractivity (Wildman–Crippen MR) is 70.4 cm³/mol. The molecule has 0 amide bonds. The first-order valence-electron chi connectivity index (χ1n) is 5.73. The molecule has 19 heavy (non-hydrogen) atoms. The van der Waals surface area contributed by atoms with Gasteiger partial charge in [0.15, 0.2) is 0 Å². The van der Waals surface area contributed by atoms with E-state index in [2.05, 4.69) is 15.3 Å². The van der Waals surface area contributed by atoms with E-state index in [-0.39, 0.29) is 5.69 Å². The van der Waals surface area contributed by atoms with Gasteiger partial charge in [0.25, 0.3) is 5.69 Å². The molecule has 2 N–H and O–H groups in total. The van der Waals surface area contributed by atoms with Crippen molar-refractivity contribution in [3.63, 3.8) is 0 Å². The number of anilines is 1. The molecule has 0 aliphatic carbocycles. The first-order valence-corrected chi connectivity index (χ1v) is 5.73. The second kappa shape index (κ2) is 5.85. The zero-order chi connectivity index (χ0) is 13.7. The van der Waals surface area contributed by atoms with Crippen LogP contribution in [0.4, 0.5) is 11.4 Å². The highest BCUT2D eigenvalue weighted by Crippen LogP contribution is 2.25. The highest BCUT2D eigenvalue weighted by atomic mass is 16.6. The molecule has 100 valence electrons. The molecule has 1 aromatic heterocycles. The largest absolute Gasteiger partial charge is 0.496 e. The second-order valence-electron chi connectivity index (χ2n) is 3.93. The first kappa shape index (κ1) is 12.9. The summed E-state index contributed by atoms with van der Waals surface area (Å²) < 4.78 is 5.04. The lowest BCUT2D eigenvalue weighted by atomic mass is 10.2. The van der Waals surface area contributed by atoms with Gasteiger partial charge in [0.2, 0.25) is 0 Å². The van der Waals surface area contributed by atoms with Crippen LogP contribution in [0.15, 0.2) is 30.7 Å². The summed E-state index contributed by atoms with van der Waals surface area (Å²) in [5.41, 5.74) is 1.67. The minimum Gasteiger partial charge on any atom is -0.496 e. The Balaban J connectivity index is 2.02. The molecule has 0 saturated carbocycles. The van der Waals surface area contributed by atoms with Crippen LogP contribution < -0.4 is 10.1 Å². The fourth-order valence-corrected chi connectivity index (χ4v) is 1.67. The van der Waals surface area contributed by atoms with Crippen LogP contribution in [0.5, 0.6) is 5.75 Å². The summed E-state index contributed by atoms with van der Waals surface area (Å²) >= 11 is 0. The highest BCUT2D eigenvalue weighted by molar-refractivity contribution is 5.56. The Bertz CT molecular complexity index is 554. The Morgan fingerprint density at radius 1 is 1.47 bits per heavy atom. The van der Waals surface area contributed by atoms with Gasteiger partial charge in [-0.3, -0.25) is 10.1 Å². The molecule has 2 rings (SSSR count). The summed E-state index contributed by atoms with van der Waals surface area (Å²) in [4.78, 5) is 17.3. The van der Waals surface area contributed by atoms with Crippen molar-refractivity contribution >= 4 is 11.4 Å². The normalized spacial score (nSPS) is 10.2. The number of imidazole rings is 1. The van der Waals surface area contributed by atoms with Crippen LogP contribution in [0.3, 0.4) is 0 Å². The van der Waals surface area contributed by atoms with Gasteiger partial charge >= 0.3 is 0 Å². The van der Waals surface area contributed by atoms with Gasteiger partial charge in [0.1, 0.15) is 5.75 Å². The van der Waals surface area contributed by atoms with Crippen molar-refractivity contribution in [3.05, 3.63) is 46.5 Å². The third kappa shape index (κ3) is 3.44. The quantitative estimate of drug-likeness (QED) is 0.613. The maximum atomic E-state index is 10.8. The van der Waals surface area contributed by atoms with Crippen LogP contribution >= 0.6 is 0 Å². The fraction of sp³-hybridized carbons (Fsp3) is 0.250. The Morgan fingerprint density at radius 3 is 2.95 bits per heavy atom. The number of hydrogen-bond donors (Lipinski definition) is 2. The SMILES string of the molecule is COc1cc(NCCc2cnc[nH]2)cc([N+](=O)[O-])c1. The van der Waals surface area contributed by atoms with Crippen molar-refractivity contribution in [2.75, 3.05) is 19.0 Å². The van der Waals surface area contributed by atoms with Crippen molar-refractivity contribution < 1.29 is 9.66 Å². The Morgan fingerprint density at radius 2 is 2.32 bits per heavy atom. The summed E-state index contributed by atoms with van der Waals surface area (Å²) in [7, 11) is 1.48. The van der Waals surface area contributed by atoms with Crippen molar-refractivity contribution in [2.24, 2.45) is 0 Å². The summed E-state index contributed by atoms with van der Waals surface area (Å²) in [6.07, 6.45) is 4.12. The number of nitrogens with one attached hydrogen (secondary N) is 2. The smallest absolute Gasteiger partial charge is 0.275 e. The lowest BCUT2D eigenvalue weighted by Gasteiger charge is -2.07. The number of nitro groups is 1. The van der Waals surface area contributed by atoms with Crippen LogP contribution in [-0.2, 0) is 6.42 Å². The molecule has 0 spiro atoms. The number of rotatable bonds is 6. The summed E-state index contributed by atoms with van der Waals surface area (Å²) in [5.74, 6) is 0.457. The number of aromatic nitrogens is 2. The molecule has 0 radical (unpaired) electrons. The molecule has 2 aromatic rings. The van der Waals surface area contributed by atoms with E-state index in [1.165, 1.54) is 19.2 Å². The molecule has 1 aromatic carbocycles. The van der Waals surface area contributed by atoms with Crippen molar-refractivity contribution in [1.82, 2.24) is 9.97 Å². The molecule has 0 bridgehead atoms. The van der Waals surface area contributed by atoms with Crippen LogP contribution in [0.1, 0.15) is 5.69 Å². The van der Waals surface area contributed by atoms with E-state index in [1.54, 1.807) is 18.6 Å². The Hall–Kier alpha value is -2.57. The van der Waals surface area contributed by atoms with Crippen LogP contribution in [-0.4, -0.2) is 28.5 Å². The van der Waals surface area contributed by atoms with Gasteiger partial charge in [-0.2, -0.15) is 0 Å².